The topological polar surface area (TPSA) is 86.9 Å². The number of hydrogen-bond donors (Lipinski definition) is 1. The van der Waals surface area contributed by atoms with Gasteiger partial charge in [-0.1, -0.05) is 0 Å². The van der Waals surface area contributed by atoms with E-state index < -0.39 is 11.6 Å². The summed E-state index contributed by atoms with van der Waals surface area (Å²) in [5, 5.41) is 9.31. The van der Waals surface area contributed by atoms with E-state index in [1.165, 1.54) is 17.0 Å². The van der Waals surface area contributed by atoms with Crippen molar-refractivity contribution in [1.29, 1.82) is 0 Å². The van der Waals surface area contributed by atoms with Crippen LogP contribution in [0.2, 0.25) is 0 Å². The van der Waals surface area contributed by atoms with Crippen LogP contribution in [0.1, 0.15) is 48.7 Å². The number of piperazine rings is 1. The number of benzene rings is 1. The smallest absolute Gasteiger partial charge is 0.407 e. The zero-order chi connectivity index (χ0) is 22.6. The zero-order valence-electron chi connectivity index (χ0n) is 18.0. The molecule has 3 heterocycles. The third kappa shape index (κ3) is 3.59. The highest BCUT2D eigenvalue weighted by Crippen LogP contribution is 2.44. The minimum absolute atomic E-state index is 0.197. The van der Waals surface area contributed by atoms with Gasteiger partial charge in [-0.3, -0.25) is 4.79 Å². The fourth-order valence-corrected chi connectivity index (χ4v) is 4.45. The second kappa shape index (κ2) is 7.32. The lowest BCUT2D eigenvalue weighted by Crippen LogP contribution is -2.61. The van der Waals surface area contributed by atoms with E-state index in [4.69, 9.17) is 9.40 Å². The van der Waals surface area contributed by atoms with Crippen LogP contribution in [-0.2, 0) is 0 Å². The van der Waals surface area contributed by atoms with E-state index in [2.05, 4.69) is 0 Å². The van der Waals surface area contributed by atoms with Gasteiger partial charge in [0.2, 0.25) is 0 Å². The molecule has 0 unspecified atom stereocenters. The van der Waals surface area contributed by atoms with Crippen LogP contribution in [0.5, 0.6) is 0 Å². The molecule has 5 rings (SSSR count). The predicted molar refractivity (Wildman–Crippen MR) is 116 cm³/mol. The van der Waals surface area contributed by atoms with Crippen LogP contribution < -0.4 is 0 Å². The lowest BCUT2D eigenvalue weighted by atomic mass is 9.98. The Morgan fingerprint density at radius 3 is 2.50 bits per heavy atom. The van der Waals surface area contributed by atoms with Gasteiger partial charge in [0, 0.05) is 36.8 Å². The van der Waals surface area contributed by atoms with Crippen molar-refractivity contribution in [3.05, 3.63) is 53.5 Å². The lowest BCUT2D eigenvalue weighted by molar-refractivity contribution is 0.0179. The Balaban J connectivity index is 1.51. The minimum atomic E-state index is -0.986. The summed E-state index contributed by atoms with van der Waals surface area (Å²) in [4.78, 5) is 32.4. The molecule has 2 aliphatic rings. The Kier molecular flexibility index (Phi) is 4.69. The van der Waals surface area contributed by atoms with E-state index >= 15 is 0 Å². The Bertz CT molecular complexity index is 1210. The van der Waals surface area contributed by atoms with Crippen molar-refractivity contribution < 1.29 is 23.5 Å². The van der Waals surface area contributed by atoms with Crippen molar-refractivity contribution in [2.45, 2.75) is 38.1 Å². The maximum Gasteiger partial charge on any atom is 0.407 e. The molecule has 0 radical (unpaired) electrons. The molecule has 32 heavy (non-hydrogen) atoms. The SMILES string of the molecule is CC1(C)CN(C(=O)O)CCN1C(=O)c1cc2nc(-c3ccc(F)cc3)cc(C3CC3)c2o1. The number of fused-ring (bicyclic) bond motifs is 1. The summed E-state index contributed by atoms with van der Waals surface area (Å²) in [6.45, 7) is 4.48. The maximum atomic E-state index is 13.4. The van der Waals surface area contributed by atoms with Crippen LogP contribution in [0.25, 0.3) is 22.4 Å². The zero-order valence-corrected chi connectivity index (χ0v) is 18.0. The summed E-state index contributed by atoms with van der Waals surface area (Å²) in [5.41, 5.74) is 3.08. The number of carboxylic acid groups (broad SMARTS) is 1. The average molecular weight is 437 g/mol. The van der Waals surface area contributed by atoms with Gasteiger partial charge in [0.25, 0.3) is 5.91 Å². The molecule has 2 amide bonds. The largest absolute Gasteiger partial charge is 0.465 e. The molecule has 1 N–H and O–H groups in total. The number of aromatic nitrogens is 1. The van der Waals surface area contributed by atoms with E-state index in [9.17, 15) is 19.1 Å². The molecule has 1 aliphatic heterocycles. The molecule has 1 aromatic carbocycles. The van der Waals surface area contributed by atoms with Gasteiger partial charge in [0.1, 0.15) is 11.3 Å². The van der Waals surface area contributed by atoms with E-state index in [1.54, 1.807) is 23.1 Å². The van der Waals surface area contributed by atoms with Crippen molar-refractivity contribution in [3.63, 3.8) is 0 Å². The summed E-state index contributed by atoms with van der Waals surface area (Å²) in [5.74, 6) is -0.0194. The molecule has 1 aliphatic carbocycles. The molecule has 0 atom stereocenters. The molecule has 1 saturated carbocycles. The highest BCUT2D eigenvalue weighted by Gasteiger charge is 2.40. The van der Waals surface area contributed by atoms with Crippen LogP contribution in [0.4, 0.5) is 9.18 Å². The Morgan fingerprint density at radius 2 is 1.88 bits per heavy atom. The van der Waals surface area contributed by atoms with Crippen molar-refractivity contribution >= 4 is 23.1 Å². The Hall–Kier alpha value is -3.42. The molecule has 0 spiro atoms. The highest BCUT2D eigenvalue weighted by atomic mass is 19.1. The molecule has 8 heteroatoms. The first-order valence-electron chi connectivity index (χ1n) is 10.7. The standard InChI is InChI=1S/C24H24FN3O4/c1-24(2)13-27(23(30)31)9-10-28(24)22(29)20-12-19-21(32-20)17(14-3-4-14)11-18(26-19)15-5-7-16(25)8-6-15/h5-8,11-12,14H,3-4,9-10,13H2,1-2H3,(H,30,31). The number of carbonyl (C=O) groups excluding carboxylic acids is 1. The summed E-state index contributed by atoms with van der Waals surface area (Å²) in [7, 11) is 0. The Labute approximate surface area is 184 Å². The summed E-state index contributed by atoms with van der Waals surface area (Å²) >= 11 is 0. The molecule has 1 saturated heterocycles. The molecule has 2 fully saturated rings. The van der Waals surface area contributed by atoms with Crippen LogP contribution in [0, 0.1) is 5.82 Å². The van der Waals surface area contributed by atoms with Crippen molar-refractivity contribution in [3.8, 4) is 11.3 Å². The van der Waals surface area contributed by atoms with Crippen LogP contribution in [0.15, 0.2) is 40.8 Å². The second-order valence-electron chi connectivity index (χ2n) is 9.18. The molecule has 7 nitrogen and oxygen atoms in total. The number of halogens is 1. The third-order valence-corrected chi connectivity index (χ3v) is 6.29. The first-order chi connectivity index (χ1) is 15.2. The normalized spacial score (nSPS) is 18.2. The number of furan rings is 1. The quantitative estimate of drug-likeness (QED) is 0.640. The van der Waals surface area contributed by atoms with Gasteiger partial charge in [-0.05, 0) is 62.9 Å². The first kappa shape index (κ1) is 20.5. The van der Waals surface area contributed by atoms with Crippen molar-refractivity contribution in [2.24, 2.45) is 0 Å². The molecule has 2 aromatic heterocycles. The van der Waals surface area contributed by atoms with Crippen molar-refractivity contribution in [2.75, 3.05) is 19.6 Å². The van der Waals surface area contributed by atoms with Gasteiger partial charge < -0.3 is 19.3 Å². The lowest BCUT2D eigenvalue weighted by Gasteiger charge is -2.45. The first-order valence-corrected chi connectivity index (χ1v) is 10.7. The fraction of sp³-hybridized carbons (Fsp3) is 0.375. The predicted octanol–water partition coefficient (Wildman–Crippen LogP) is 4.73. The van der Waals surface area contributed by atoms with E-state index in [0.717, 1.165) is 29.7 Å². The molecule has 166 valence electrons. The monoisotopic (exact) mass is 437 g/mol. The van der Waals surface area contributed by atoms with Gasteiger partial charge in [-0.2, -0.15) is 0 Å². The molecular weight excluding hydrogens is 413 g/mol. The van der Waals surface area contributed by atoms with Gasteiger partial charge in [-0.15, -0.1) is 0 Å². The van der Waals surface area contributed by atoms with E-state index in [0.29, 0.717) is 23.6 Å². The Morgan fingerprint density at radius 1 is 1.16 bits per heavy atom. The molecular formula is C24H24FN3O4. The van der Waals surface area contributed by atoms with E-state index in [1.807, 2.05) is 19.9 Å². The van der Waals surface area contributed by atoms with Gasteiger partial charge in [-0.25, -0.2) is 14.2 Å². The number of amides is 2. The van der Waals surface area contributed by atoms with Gasteiger partial charge in [0.15, 0.2) is 11.3 Å². The third-order valence-electron chi connectivity index (χ3n) is 6.29. The van der Waals surface area contributed by atoms with Crippen LogP contribution >= 0.6 is 0 Å². The summed E-state index contributed by atoms with van der Waals surface area (Å²) < 4.78 is 19.4. The number of pyridine rings is 1. The fourth-order valence-electron chi connectivity index (χ4n) is 4.45. The van der Waals surface area contributed by atoms with Crippen LogP contribution in [-0.4, -0.2) is 57.1 Å². The average Bonchev–Trinajstić information content (AvgIpc) is 3.50. The summed E-state index contributed by atoms with van der Waals surface area (Å²) in [6, 6.07) is 9.83. The summed E-state index contributed by atoms with van der Waals surface area (Å²) in [6.07, 6.45) is 1.12. The van der Waals surface area contributed by atoms with E-state index in [-0.39, 0.29) is 30.6 Å². The minimum Gasteiger partial charge on any atom is -0.465 e. The maximum absolute atomic E-state index is 13.4. The second-order valence-corrected chi connectivity index (χ2v) is 9.18. The number of rotatable bonds is 3. The number of carbonyl (C=O) groups is 2. The highest BCUT2D eigenvalue weighted by molar-refractivity contribution is 5.97. The van der Waals surface area contributed by atoms with Crippen LogP contribution in [0.3, 0.4) is 0 Å². The van der Waals surface area contributed by atoms with Gasteiger partial charge >= 0.3 is 6.09 Å². The van der Waals surface area contributed by atoms with Gasteiger partial charge in [0.05, 0.1) is 11.2 Å². The molecule has 0 bridgehead atoms. The number of nitrogens with zero attached hydrogens (tertiary/aromatic N) is 3. The number of hydrogen-bond acceptors (Lipinski definition) is 4. The molecule has 3 aromatic rings. The van der Waals surface area contributed by atoms with Crippen molar-refractivity contribution in [1.82, 2.24) is 14.8 Å².